The molecule has 2 amide bonds. The van der Waals surface area contributed by atoms with Gasteiger partial charge in [0.2, 0.25) is 11.8 Å². The highest BCUT2D eigenvalue weighted by molar-refractivity contribution is 5.91. The van der Waals surface area contributed by atoms with Crippen LogP contribution in [0.2, 0.25) is 0 Å². The lowest BCUT2D eigenvalue weighted by atomic mass is 10.1. The topological polar surface area (TPSA) is 78.3 Å². The van der Waals surface area contributed by atoms with Crippen molar-refractivity contribution in [1.82, 2.24) is 15.2 Å². The number of aryl methyl sites for hydroxylation is 1. The van der Waals surface area contributed by atoms with E-state index >= 15 is 0 Å². The summed E-state index contributed by atoms with van der Waals surface area (Å²) in [5, 5.41) is 3.97. The van der Waals surface area contributed by atoms with E-state index in [1.165, 1.54) is 0 Å². The Kier molecular flexibility index (Phi) is 4.24. The molecule has 2 N–H and O–H groups in total. The number of hydrogen-bond donors (Lipinski definition) is 2. The number of nitrogens with one attached hydrogen (secondary N) is 2. The number of furan rings is 1. The van der Waals surface area contributed by atoms with E-state index in [1.54, 1.807) is 4.90 Å². The van der Waals surface area contributed by atoms with Gasteiger partial charge in [-0.2, -0.15) is 0 Å². The molecule has 0 bridgehead atoms. The lowest BCUT2D eigenvalue weighted by molar-refractivity contribution is -0.135. The van der Waals surface area contributed by atoms with E-state index in [0.717, 1.165) is 22.2 Å². The van der Waals surface area contributed by atoms with E-state index in [2.05, 4.69) is 10.3 Å². The van der Waals surface area contributed by atoms with Gasteiger partial charge < -0.3 is 19.6 Å². The molecule has 1 aliphatic rings. The molecule has 134 valence electrons. The highest BCUT2D eigenvalue weighted by Crippen LogP contribution is 2.25. The second-order valence-corrected chi connectivity index (χ2v) is 6.67. The van der Waals surface area contributed by atoms with Crippen LogP contribution in [-0.2, 0) is 22.7 Å². The number of aromatic amines is 1. The van der Waals surface area contributed by atoms with Crippen LogP contribution in [0.5, 0.6) is 0 Å². The maximum absolute atomic E-state index is 12.6. The number of para-hydroxylation sites is 1. The molecule has 1 unspecified atom stereocenters. The smallest absolute Gasteiger partial charge is 0.243 e. The molecule has 6 heteroatoms. The Hall–Kier alpha value is -3.02. The molecule has 1 saturated heterocycles. The molecule has 0 aliphatic carbocycles. The van der Waals surface area contributed by atoms with Crippen LogP contribution in [-0.4, -0.2) is 27.7 Å². The number of likely N-dealkylation sites (tertiary alicyclic amines) is 1. The van der Waals surface area contributed by atoms with Gasteiger partial charge in [-0.15, -0.1) is 0 Å². The van der Waals surface area contributed by atoms with Crippen molar-refractivity contribution in [2.75, 3.05) is 0 Å². The van der Waals surface area contributed by atoms with Gasteiger partial charge >= 0.3 is 0 Å². The van der Waals surface area contributed by atoms with Crippen LogP contribution in [0.1, 0.15) is 29.9 Å². The van der Waals surface area contributed by atoms with Crippen molar-refractivity contribution in [3.63, 3.8) is 0 Å². The van der Waals surface area contributed by atoms with Gasteiger partial charge in [0.25, 0.3) is 0 Å². The average Bonchev–Trinajstić information content (AvgIpc) is 3.34. The van der Waals surface area contributed by atoms with Crippen LogP contribution in [0.25, 0.3) is 10.9 Å². The van der Waals surface area contributed by atoms with Crippen molar-refractivity contribution < 1.29 is 14.0 Å². The first-order valence-corrected chi connectivity index (χ1v) is 8.79. The zero-order valence-electron chi connectivity index (χ0n) is 14.6. The van der Waals surface area contributed by atoms with Gasteiger partial charge in [-0.3, -0.25) is 9.59 Å². The number of amides is 2. The molecule has 0 radical (unpaired) electrons. The minimum atomic E-state index is -0.438. The summed E-state index contributed by atoms with van der Waals surface area (Å²) >= 11 is 0. The average molecular weight is 351 g/mol. The maximum atomic E-state index is 12.6. The zero-order chi connectivity index (χ0) is 18.1. The Morgan fingerprint density at radius 3 is 2.96 bits per heavy atom. The fourth-order valence-corrected chi connectivity index (χ4v) is 3.52. The molecule has 1 fully saturated rings. The predicted molar refractivity (Wildman–Crippen MR) is 97.2 cm³/mol. The summed E-state index contributed by atoms with van der Waals surface area (Å²) in [7, 11) is 0. The molecule has 0 spiro atoms. The first kappa shape index (κ1) is 16.4. The van der Waals surface area contributed by atoms with Crippen molar-refractivity contribution >= 4 is 22.7 Å². The highest BCUT2D eigenvalue weighted by Gasteiger charge is 2.36. The van der Waals surface area contributed by atoms with Crippen molar-refractivity contribution in [2.45, 2.75) is 38.9 Å². The molecule has 1 aliphatic heterocycles. The first-order chi connectivity index (χ1) is 12.6. The van der Waals surface area contributed by atoms with Gasteiger partial charge in [-0.05, 0) is 37.1 Å². The summed E-state index contributed by atoms with van der Waals surface area (Å²) in [6, 6.07) is 11.2. The number of carbonyl (C=O) groups excluding carboxylic acids is 2. The predicted octanol–water partition coefficient (Wildman–Crippen LogP) is 2.88. The number of H-pyrrole nitrogens is 1. The first-order valence-electron chi connectivity index (χ1n) is 8.79. The standard InChI is InChI=1S/C20H21N3O3/c1-13-6-7-15(26-13)11-22-20(25)18-8-9-19(24)23(18)12-14-10-21-17-5-3-2-4-16(14)17/h2-7,10,18,21H,8-9,11-12H2,1H3,(H,22,25). The second-order valence-electron chi connectivity index (χ2n) is 6.67. The van der Waals surface area contributed by atoms with Gasteiger partial charge in [0.15, 0.2) is 0 Å². The highest BCUT2D eigenvalue weighted by atomic mass is 16.3. The summed E-state index contributed by atoms with van der Waals surface area (Å²) in [6.45, 7) is 2.63. The fraction of sp³-hybridized carbons (Fsp3) is 0.300. The van der Waals surface area contributed by atoms with E-state index in [9.17, 15) is 9.59 Å². The van der Waals surface area contributed by atoms with E-state index in [4.69, 9.17) is 4.42 Å². The van der Waals surface area contributed by atoms with Crippen LogP contribution in [0.3, 0.4) is 0 Å². The summed E-state index contributed by atoms with van der Waals surface area (Å²) in [5.74, 6) is 1.41. The monoisotopic (exact) mass is 351 g/mol. The van der Waals surface area contributed by atoms with Crippen LogP contribution < -0.4 is 5.32 Å². The van der Waals surface area contributed by atoms with Crippen molar-refractivity contribution in [1.29, 1.82) is 0 Å². The summed E-state index contributed by atoms with van der Waals surface area (Å²) in [6.07, 6.45) is 2.86. The molecule has 4 rings (SSSR count). The fourth-order valence-electron chi connectivity index (χ4n) is 3.52. The Bertz CT molecular complexity index is 956. The molecular formula is C20H21N3O3. The van der Waals surface area contributed by atoms with E-state index in [-0.39, 0.29) is 11.8 Å². The summed E-state index contributed by atoms with van der Waals surface area (Å²) in [4.78, 5) is 29.9. The molecule has 3 aromatic rings. The summed E-state index contributed by atoms with van der Waals surface area (Å²) in [5.41, 5.74) is 2.05. The minimum absolute atomic E-state index is 0.0178. The number of aromatic nitrogens is 1. The Morgan fingerprint density at radius 2 is 2.15 bits per heavy atom. The normalized spacial score (nSPS) is 17.2. The number of hydrogen-bond acceptors (Lipinski definition) is 3. The molecule has 1 atom stereocenters. The number of carbonyl (C=O) groups is 2. The molecule has 3 heterocycles. The van der Waals surface area contributed by atoms with Crippen molar-refractivity contribution in [3.8, 4) is 0 Å². The van der Waals surface area contributed by atoms with E-state index < -0.39 is 6.04 Å². The minimum Gasteiger partial charge on any atom is -0.465 e. The third-order valence-corrected chi connectivity index (χ3v) is 4.88. The Morgan fingerprint density at radius 1 is 1.31 bits per heavy atom. The van der Waals surface area contributed by atoms with Gasteiger partial charge in [0.05, 0.1) is 6.54 Å². The molecule has 2 aromatic heterocycles. The molecular weight excluding hydrogens is 330 g/mol. The van der Waals surface area contributed by atoms with Gasteiger partial charge in [-0.25, -0.2) is 0 Å². The van der Waals surface area contributed by atoms with Crippen LogP contribution in [0.15, 0.2) is 47.0 Å². The van der Waals surface area contributed by atoms with Gasteiger partial charge in [0, 0.05) is 30.1 Å². The van der Waals surface area contributed by atoms with E-state index in [1.807, 2.05) is 49.5 Å². The zero-order valence-corrected chi connectivity index (χ0v) is 14.6. The largest absolute Gasteiger partial charge is 0.465 e. The molecule has 26 heavy (non-hydrogen) atoms. The SMILES string of the molecule is Cc1ccc(CNC(=O)C2CCC(=O)N2Cc2c[nH]c3ccccc23)o1. The van der Waals surface area contributed by atoms with Crippen LogP contribution in [0, 0.1) is 6.92 Å². The van der Waals surface area contributed by atoms with Crippen LogP contribution in [0.4, 0.5) is 0 Å². The number of fused-ring (bicyclic) bond motifs is 1. The number of rotatable bonds is 5. The molecule has 1 aromatic carbocycles. The Labute approximate surface area is 151 Å². The van der Waals surface area contributed by atoms with E-state index in [0.29, 0.717) is 31.7 Å². The third-order valence-electron chi connectivity index (χ3n) is 4.88. The van der Waals surface area contributed by atoms with Crippen molar-refractivity contribution in [2.24, 2.45) is 0 Å². The number of benzene rings is 1. The summed E-state index contributed by atoms with van der Waals surface area (Å²) < 4.78 is 5.48. The van der Waals surface area contributed by atoms with Crippen LogP contribution >= 0.6 is 0 Å². The van der Waals surface area contributed by atoms with Gasteiger partial charge in [0.1, 0.15) is 17.6 Å². The Balaban J connectivity index is 1.47. The molecule has 6 nitrogen and oxygen atoms in total. The van der Waals surface area contributed by atoms with Crippen molar-refractivity contribution in [3.05, 3.63) is 59.7 Å². The second kappa shape index (κ2) is 6.71. The lowest BCUT2D eigenvalue weighted by Crippen LogP contribution is -2.44. The quantitative estimate of drug-likeness (QED) is 0.742. The lowest BCUT2D eigenvalue weighted by Gasteiger charge is -2.23. The maximum Gasteiger partial charge on any atom is 0.243 e. The number of nitrogens with zero attached hydrogens (tertiary/aromatic N) is 1. The third kappa shape index (κ3) is 3.10. The molecule has 0 saturated carbocycles. The van der Waals surface area contributed by atoms with Gasteiger partial charge in [-0.1, -0.05) is 18.2 Å².